The van der Waals surface area contributed by atoms with Gasteiger partial charge in [0.05, 0.1) is 10.9 Å². The second-order valence-electron chi connectivity index (χ2n) is 8.31. The Bertz CT molecular complexity index is 1350. The van der Waals surface area contributed by atoms with E-state index >= 15 is 0 Å². The Hall–Kier alpha value is -3.10. The largest absolute Gasteiger partial charge is 0.325 e. The van der Waals surface area contributed by atoms with Crippen LogP contribution in [0.4, 0.5) is 5.69 Å². The third-order valence-corrected chi connectivity index (χ3v) is 7.27. The van der Waals surface area contributed by atoms with Crippen LogP contribution < -0.4 is 10.9 Å². The summed E-state index contributed by atoms with van der Waals surface area (Å²) >= 11 is 7.33. The van der Waals surface area contributed by atoms with E-state index in [0.29, 0.717) is 32.9 Å². The van der Waals surface area contributed by atoms with Gasteiger partial charge in [-0.1, -0.05) is 48.0 Å². The predicted octanol–water partition coefficient (Wildman–Crippen LogP) is 5.03. The van der Waals surface area contributed by atoms with Gasteiger partial charge in [0.1, 0.15) is 5.56 Å². The molecule has 1 amide bonds. The first-order chi connectivity index (χ1) is 16.5. The van der Waals surface area contributed by atoms with E-state index in [0.717, 1.165) is 37.9 Å². The Balaban J connectivity index is 1.51. The molecular weight excluding hydrogens is 470 g/mol. The Kier molecular flexibility index (Phi) is 6.43. The van der Waals surface area contributed by atoms with Gasteiger partial charge in [0, 0.05) is 22.9 Å². The lowest BCUT2D eigenvalue weighted by atomic mass is 10.1. The maximum atomic E-state index is 13.3. The maximum absolute atomic E-state index is 13.3. The molecule has 2 aromatic carbocycles. The number of fused-ring (bicyclic) bond motifs is 3. The number of halogens is 1. The van der Waals surface area contributed by atoms with Gasteiger partial charge in [-0.2, -0.15) is 4.68 Å². The van der Waals surface area contributed by atoms with Crippen LogP contribution in [0.5, 0.6) is 0 Å². The Morgan fingerprint density at radius 3 is 2.62 bits per heavy atom. The number of nitrogens with zero attached hydrogens (tertiary/aromatic N) is 4. The molecule has 0 aromatic heterocycles. The molecular formula is C25H24ClN5O2S. The van der Waals surface area contributed by atoms with Gasteiger partial charge >= 0.3 is 0 Å². The average molecular weight is 494 g/mol. The minimum atomic E-state index is -0.400. The molecule has 1 atom stereocenters. The minimum Gasteiger partial charge on any atom is -0.325 e. The molecule has 5 rings (SSSR count). The fraction of sp³-hybridized carbons (Fsp3) is 0.280. The average Bonchev–Trinajstić information content (AvgIpc) is 3.01. The van der Waals surface area contributed by atoms with Crippen LogP contribution in [0.25, 0.3) is 17.1 Å². The summed E-state index contributed by atoms with van der Waals surface area (Å²) in [6.45, 7) is 2.62. The first kappa shape index (κ1) is 22.7. The number of hydrogen-bond acceptors (Lipinski definition) is 5. The zero-order chi connectivity index (χ0) is 23.7. The lowest BCUT2D eigenvalue weighted by Gasteiger charge is -2.19. The standard InChI is InChI=1S/C25H24ClN5O2S/c1-16(23(32)27-18-13-11-17(26)12-14-18)34-25-28-22-21(20-10-6-3-7-15-30(20)25)24(33)31(29-22)19-8-4-2-5-9-19/h2,4-5,8-9,11-14,16H,3,6-7,10,15H2,1H3,(H,27,32)/t16-/m0/s1. The van der Waals surface area contributed by atoms with Crippen molar-refractivity contribution in [1.82, 2.24) is 19.3 Å². The fourth-order valence-corrected chi connectivity index (χ4v) is 5.25. The number of amides is 1. The van der Waals surface area contributed by atoms with Gasteiger partial charge in [0.2, 0.25) is 5.91 Å². The number of benzene rings is 2. The summed E-state index contributed by atoms with van der Waals surface area (Å²) in [4.78, 5) is 31.0. The van der Waals surface area contributed by atoms with Crippen molar-refractivity contribution in [1.29, 1.82) is 0 Å². The Morgan fingerprint density at radius 2 is 1.85 bits per heavy atom. The van der Waals surface area contributed by atoms with Gasteiger partial charge in [0.15, 0.2) is 11.0 Å². The summed E-state index contributed by atoms with van der Waals surface area (Å²) in [5, 5.41) is 8.42. The Labute approximate surface area is 206 Å². The highest BCUT2D eigenvalue weighted by Crippen LogP contribution is 2.32. The summed E-state index contributed by atoms with van der Waals surface area (Å²) < 4.78 is 3.54. The second-order valence-corrected chi connectivity index (χ2v) is 10.1. The minimum absolute atomic E-state index is 0.128. The van der Waals surface area contributed by atoms with Crippen molar-refractivity contribution in [3.05, 3.63) is 75.7 Å². The number of carbonyl (C=O) groups excluding carboxylic acids is 1. The zero-order valence-electron chi connectivity index (χ0n) is 18.7. The van der Waals surface area contributed by atoms with Crippen molar-refractivity contribution in [3.63, 3.8) is 0 Å². The topological polar surface area (TPSA) is 81.8 Å². The van der Waals surface area contributed by atoms with Crippen molar-refractivity contribution < 1.29 is 4.79 Å². The van der Waals surface area contributed by atoms with E-state index in [1.165, 1.54) is 16.4 Å². The molecule has 0 radical (unpaired) electrons. The highest BCUT2D eigenvalue weighted by Gasteiger charge is 2.28. The van der Waals surface area contributed by atoms with Crippen LogP contribution in [0.3, 0.4) is 0 Å². The quantitative estimate of drug-likeness (QED) is 0.311. The van der Waals surface area contributed by atoms with E-state index in [1.807, 2.05) is 37.3 Å². The number of rotatable bonds is 5. The van der Waals surface area contributed by atoms with Gasteiger partial charge in [-0.25, -0.2) is 4.98 Å². The van der Waals surface area contributed by atoms with E-state index in [9.17, 15) is 9.59 Å². The van der Waals surface area contributed by atoms with Gasteiger partial charge in [-0.05, 0) is 62.6 Å². The van der Waals surface area contributed by atoms with Crippen LogP contribution in [0, 0.1) is 0 Å². The number of thioether (sulfide) groups is 1. The molecule has 0 spiro atoms. The summed E-state index contributed by atoms with van der Waals surface area (Å²) in [6, 6.07) is 16.4. The molecule has 9 heteroatoms. The molecule has 0 fully saturated rings. The fourth-order valence-electron chi connectivity index (χ4n) is 4.18. The summed E-state index contributed by atoms with van der Waals surface area (Å²) in [5.74, 6) is 0.298. The molecule has 174 valence electrons. The number of nitrogens with one attached hydrogen (secondary N) is 1. The molecule has 0 bridgehead atoms. The summed E-state index contributed by atoms with van der Waals surface area (Å²) in [7, 11) is 0. The molecule has 0 saturated carbocycles. The third-order valence-electron chi connectivity index (χ3n) is 5.93. The van der Waals surface area contributed by atoms with E-state index in [-0.39, 0.29) is 11.5 Å². The van der Waals surface area contributed by atoms with E-state index in [2.05, 4.69) is 15.0 Å². The maximum Gasteiger partial charge on any atom is 0.284 e. The van der Waals surface area contributed by atoms with Crippen LogP contribution in [0.15, 0.2) is 64.5 Å². The zero-order valence-corrected chi connectivity index (χ0v) is 20.3. The highest BCUT2D eigenvalue weighted by atomic mass is 35.5. The van der Waals surface area contributed by atoms with Crippen LogP contribution in [-0.2, 0) is 17.8 Å². The van der Waals surface area contributed by atoms with Crippen molar-refractivity contribution in [2.75, 3.05) is 5.32 Å². The SMILES string of the molecule is C[C@H](Sc1nc2nn(-c3ccccc3)c(=O)c-2c2n1CCCCC2)C(=O)Nc1ccc(Cl)cc1. The number of anilines is 1. The number of para-hydroxylation sites is 1. The lowest BCUT2D eigenvalue weighted by Crippen LogP contribution is -2.24. The predicted molar refractivity (Wildman–Crippen MR) is 135 cm³/mol. The molecule has 1 N–H and O–H groups in total. The van der Waals surface area contributed by atoms with E-state index < -0.39 is 5.25 Å². The lowest BCUT2D eigenvalue weighted by molar-refractivity contribution is -0.115. The smallest absolute Gasteiger partial charge is 0.284 e. The molecule has 0 aliphatic carbocycles. The van der Waals surface area contributed by atoms with Crippen LogP contribution in [-0.4, -0.2) is 30.5 Å². The van der Waals surface area contributed by atoms with Crippen molar-refractivity contribution in [2.45, 2.75) is 49.6 Å². The molecule has 2 aromatic rings. The first-order valence-corrected chi connectivity index (χ1v) is 12.6. The molecule has 34 heavy (non-hydrogen) atoms. The first-order valence-electron chi connectivity index (χ1n) is 11.3. The molecule has 0 saturated heterocycles. The van der Waals surface area contributed by atoms with Gasteiger partial charge < -0.3 is 9.88 Å². The second kappa shape index (κ2) is 9.64. The molecule has 7 nitrogen and oxygen atoms in total. The molecule has 3 heterocycles. The number of aromatic nitrogens is 4. The molecule has 0 unspecified atom stereocenters. The third kappa shape index (κ3) is 4.48. The van der Waals surface area contributed by atoms with Crippen molar-refractivity contribution in [3.8, 4) is 17.1 Å². The van der Waals surface area contributed by atoms with Crippen molar-refractivity contribution in [2.24, 2.45) is 0 Å². The van der Waals surface area contributed by atoms with E-state index in [4.69, 9.17) is 16.6 Å². The Morgan fingerprint density at radius 1 is 1.09 bits per heavy atom. The normalized spacial score (nSPS) is 14.4. The summed E-state index contributed by atoms with van der Waals surface area (Å²) in [6.07, 6.45) is 3.88. The van der Waals surface area contributed by atoms with Crippen LogP contribution in [0.1, 0.15) is 31.9 Å². The molecule has 3 aliphatic heterocycles. The number of carbonyl (C=O) groups is 1. The summed E-state index contributed by atoms with van der Waals surface area (Å²) in [5.41, 5.74) is 2.79. The van der Waals surface area contributed by atoms with Crippen molar-refractivity contribution >= 4 is 35.0 Å². The van der Waals surface area contributed by atoms with Gasteiger partial charge in [0.25, 0.3) is 5.56 Å². The van der Waals surface area contributed by atoms with Crippen LogP contribution in [0.2, 0.25) is 5.02 Å². The number of hydrogen-bond donors (Lipinski definition) is 1. The highest BCUT2D eigenvalue weighted by molar-refractivity contribution is 8.00. The van der Waals surface area contributed by atoms with Crippen LogP contribution >= 0.6 is 23.4 Å². The molecule has 3 aliphatic rings. The van der Waals surface area contributed by atoms with Gasteiger partial charge in [-0.3, -0.25) is 9.59 Å². The van der Waals surface area contributed by atoms with Gasteiger partial charge in [-0.15, -0.1) is 5.10 Å². The monoisotopic (exact) mass is 493 g/mol. The van der Waals surface area contributed by atoms with E-state index in [1.54, 1.807) is 24.3 Å².